The number of carbonyl (C=O) groups excluding carboxylic acids is 2. The van der Waals surface area contributed by atoms with Crippen LogP contribution in [0.5, 0.6) is 11.5 Å². The number of rotatable bonds is 10. The lowest BCUT2D eigenvalue weighted by molar-refractivity contribution is -0.132. The largest absolute Gasteiger partial charge is 0.493 e. The minimum atomic E-state index is -2.95. The molecule has 1 fully saturated rings. The number of carbonyl (C=O) groups is 2. The van der Waals surface area contributed by atoms with Crippen LogP contribution in [0.4, 0.5) is 8.78 Å². The second kappa shape index (κ2) is 10.4. The van der Waals surface area contributed by atoms with Crippen LogP contribution in [0, 0.1) is 0 Å². The van der Waals surface area contributed by atoms with Crippen molar-refractivity contribution in [3.63, 3.8) is 0 Å². The van der Waals surface area contributed by atoms with Gasteiger partial charge in [-0.05, 0) is 42.7 Å². The lowest BCUT2D eigenvalue weighted by Gasteiger charge is -2.23. The zero-order valence-corrected chi connectivity index (χ0v) is 17.7. The summed E-state index contributed by atoms with van der Waals surface area (Å²) in [5.74, 6) is -0.328. The Balaban J connectivity index is 1.59. The van der Waals surface area contributed by atoms with E-state index in [1.807, 2.05) is 0 Å². The second-order valence-corrected chi connectivity index (χ2v) is 7.51. The van der Waals surface area contributed by atoms with Crippen molar-refractivity contribution in [3.05, 3.63) is 58.6 Å². The zero-order valence-electron chi connectivity index (χ0n) is 16.9. The van der Waals surface area contributed by atoms with Crippen molar-refractivity contribution >= 4 is 23.4 Å². The lowest BCUT2D eigenvalue weighted by atomic mass is 10.1. The molecule has 0 unspecified atom stereocenters. The average Bonchev–Trinajstić information content (AvgIpc) is 3.57. The normalized spacial score (nSPS) is 13.1. The molecule has 6 nitrogen and oxygen atoms in total. The van der Waals surface area contributed by atoms with Crippen molar-refractivity contribution < 1.29 is 27.8 Å². The summed E-state index contributed by atoms with van der Waals surface area (Å²) >= 11 is 6.02. The Kier molecular flexibility index (Phi) is 7.68. The van der Waals surface area contributed by atoms with Crippen molar-refractivity contribution in [1.29, 1.82) is 0 Å². The van der Waals surface area contributed by atoms with E-state index in [0.717, 1.165) is 18.4 Å². The molecule has 1 aliphatic carbocycles. The predicted octanol–water partition coefficient (Wildman–Crippen LogP) is 4.26. The molecule has 166 valence electrons. The maximum absolute atomic E-state index is 12.8. The number of hydrogen-bond acceptors (Lipinski definition) is 4. The molecule has 31 heavy (non-hydrogen) atoms. The number of nitrogens with one attached hydrogen (secondary N) is 1. The summed E-state index contributed by atoms with van der Waals surface area (Å²) in [4.78, 5) is 26.7. The summed E-state index contributed by atoms with van der Waals surface area (Å²) in [5.41, 5.74) is 1.09. The van der Waals surface area contributed by atoms with E-state index in [2.05, 4.69) is 10.1 Å². The first-order chi connectivity index (χ1) is 14.9. The number of methoxy groups -OCH3 is 1. The Hall–Kier alpha value is -2.87. The Bertz CT molecular complexity index is 937. The number of ether oxygens (including phenoxy) is 2. The van der Waals surface area contributed by atoms with E-state index in [9.17, 15) is 18.4 Å². The molecule has 0 spiro atoms. The number of alkyl halides is 2. The van der Waals surface area contributed by atoms with E-state index < -0.39 is 6.61 Å². The maximum atomic E-state index is 12.8. The minimum absolute atomic E-state index is 0.0622. The summed E-state index contributed by atoms with van der Waals surface area (Å²) in [6, 6.07) is 11.4. The topological polar surface area (TPSA) is 67.9 Å². The summed E-state index contributed by atoms with van der Waals surface area (Å²) in [5, 5.41) is 3.06. The molecule has 0 radical (unpaired) electrons. The summed E-state index contributed by atoms with van der Waals surface area (Å²) < 4.78 is 34.6. The smallest absolute Gasteiger partial charge is 0.387 e. The van der Waals surface area contributed by atoms with Crippen LogP contribution >= 0.6 is 11.6 Å². The van der Waals surface area contributed by atoms with Crippen LogP contribution in [-0.4, -0.2) is 43.0 Å². The third-order valence-corrected chi connectivity index (χ3v) is 5.18. The molecule has 1 aliphatic rings. The van der Waals surface area contributed by atoms with E-state index in [-0.39, 0.29) is 42.3 Å². The van der Waals surface area contributed by atoms with Gasteiger partial charge in [-0.1, -0.05) is 29.8 Å². The van der Waals surface area contributed by atoms with Gasteiger partial charge in [0.1, 0.15) is 0 Å². The quantitative estimate of drug-likeness (QED) is 0.585. The molecule has 0 aromatic heterocycles. The van der Waals surface area contributed by atoms with Crippen LogP contribution in [-0.2, 0) is 11.3 Å². The molecule has 0 atom stereocenters. The summed E-state index contributed by atoms with van der Waals surface area (Å²) in [6.45, 7) is -2.46. The van der Waals surface area contributed by atoms with Crippen molar-refractivity contribution in [3.8, 4) is 11.5 Å². The number of amides is 2. The Morgan fingerprint density at radius 2 is 1.94 bits per heavy atom. The number of halogens is 3. The fraction of sp³-hybridized carbons (Fsp3) is 0.364. The second-order valence-electron chi connectivity index (χ2n) is 7.10. The van der Waals surface area contributed by atoms with Crippen LogP contribution in [0.15, 0.2) is 42.5 Å². The molecule has 0 saturated heterocycles. The van der Waals surface area contributed by atoms with Gasteiger partial charge in [-0.2, -0.15) is 8.78 Å². The summed E-state index contributed by atoms with van der Waals surface area (Å²) in [6.07, 6.45) is 1.94. The van der Waals surface area contributed by atoms with Crippen LogP contribution in [0.3, 0.4) is 0 Å². The van der Waals surface area contributed by atoms with E-state index in [4.69, 9.17) is 16.3 Å². The highest BCUT2D eigenvalue weighted by Crippen LogP contribution is 2.33. The maximum Gasteiger partial charge on any atom is 0.387 e. The fourth-order valence-corrected chi connectivity index (χ4v) is 3.40. The molecule has 0 heterocycles. The van der Waals surface area contributed by atoms with E-state index in [0.29, 0.717) is 17.1 Å². The van der Waals surface area contributed by atoms with Crippen molar-refractivity contribution in [1.82, 2.24) is 10.2 Å². The first-order valence-electron chi connectivity index (χ1n) is 9.83. The highest BCUT2D eigenvalue weighted by atomic mass is 35.5. The third kappa shape index (κ3) is 6.30. The van der Waals surface area contributed by atoms with Crippen LogP contribution in [0.1, 0.15) is 35.2 Å². The molecule has 2 aromatic carbocycles. The van der Waals surface area contributed by atoms with Gasteiger partial charge in [0.15, 0.2) is 11.5 Å². The molecule has 0 aliphatic heterocycles. The standard InChI is InChI=1S/C22H23ClF2N2O4/c1-30-19-12-14(6-9-18(19)31-22(24)25)13-27(15-7-8-15)20(28)10-11-26-21(29)16-4-2-3-5-17(16)23/h2-6,9,12,15,22H,7-8,10-11,13H2,1H3,(H,26,29). The average molecular weight is 453 g/mol. The molecule has 1 saturated carbocycles. The first kappa shape index (κ1) is 22.8. The number of nitrogens with zero attached hydrogens (tertiary/aromatic N) is 1. The predicted molar refractivity (Wildman–Crippen MR) is 112 cm³/mol. The van der Waals surface area contributed by atoms with Crippen molar-refractivity contribution in [2.75, 3.05) is 13.7 Å². The van der Waals surface area contributed by atoms with Gasteiger partial charge in [0.2, 0.25) is 5.91 Å². The van der Waals surface area contributed by atoms with Crippen molar-refractivity contribution in [2.45, 2.75) is 38.5 Å². The number of hydrogen-bond donors (Lipinski definition) is 1. The van der Waals surface area contributed by atoms with Gasteiger partial charge in [0, 0.05) is 25.6 Å². The molecular formula is C22H23ClF2N2O4. The van der Waals surface area contributed by atoms with Gasteiger partial charge >= 0.3 is 6.61 Å². The monoisotopic (exact) mass is 452 g/mol. The fourth-order valence-electron chi connectivity index (χ4n) is 3.17. The van der Waals surface area contributed by atoms with E-state index in [1.165, 1.54) is 13.2 Å². The Morgan fingerprint density at radius 1 is 1.19 bits per heavy atom. The van der Waals surface area contributed by atoms with Crippen LogP contribution in [0.2, 0.25) is 5.02 Å². The molecule has 2 amide bonds. The minimum Gasteiger partial charge on any atom is -0.493 e. The van der Waals surface area contributed by atoms with Gasteiger partial charge in [-0.15, -0.1) is 0 Å². The van der Waals surface area contributed by atoms with Crippen LogP contribution in [0.25, 0.3) is 0 Å². The third-order valence-electron chi connectivity index (χ3n) is 4.85. The lowest BCUT2D eigenvalue weighted by Crippen LogP contribution is -2.35. The molecule has 3 rings (SSSR count). The van der Waals surface area contributed by atoms with Gasteiger partial charge in [-0.25, -0.2) is 0 Å². The van der Waals surface area contributed by atoms with Gasteiger partial charge in [0.05, 0.1) is 17.7 Å². The van der Waals surface area contributed by atoms with E-state index in [1.54, 1.807) is 41.3 Å². The number of benzene rings is 2. The molecule has 9 heteroatoms. The molecule has 1 N–H and O–H groups in total. The zero-order chi connectivity index (χ0) is 22.4. The van der Waals surface area contributed by atoms with Crippen molar-refractivity contribution in [2.24, 2.45) is 0 Å². The van der Waals surface area contributed by atoms with E-state index >= 15 is 0 Å². The Labute approximate surface area is 184 Å². The molecular weight excluding hydrogens is 430 g/mol. The highest BCUT2D eigenvalue weighted by Gasteiger charge is 2.32. The Morgan fingerprint density at radius 3 is 2.58 bits per heavy atom. The van der Waals surface area contributed by atoms with Crippen LogP contribution < -0.4 is 14.8 Å². The van der Waals surface area contributed by atoms with Gasteiger partial charge in [-0.3, -0.25) is 9.59 Å². The SMILES string of the molecule is COc1cc(CN(C(=O)CCNC(=O)c2ccccc2Cl)C2CC2)ccc1OC(F)F. The van der Waals surface area contributed by atoms with Gasteiger partial charge < -0.3 is 19.7 Å². The molecule has 0 bridgehead atoms. The first-order valence-corrected chi connectivity index (χ1v) is 10.2. The molecule has 2 aromatic rings. The summed E-state index contributed by atoms with van der Waals surface area (Å²) in [7, 11) is 1.36. The highest BCUT2D eigenvalue weighted by molar-refractivity contribution is 6.33. The van der Waals surface area contributed by atoms with Gasteiger partial charge in [0.25, 0.3) is 5.91 Å².